The zero-order valence-electron chi connectivity index (χ0n) is 19.8. The van der Waals surface area contributed by atoms with Gasteiger partial charge in [-0.15, -0.1) is 0 Å². The molecule has 36 heavy (non-hydrogen) atoms. The van der Waals surface area contributed by atoms with Gasteiger partial charge in [-0.2, -0.15) is 0 Å². The van der Waals surface area contributed by atoms with Crippen molar-refractivity contribution < 1.29 is 34.5 Å². The number of phenolic OH excluding ortho intramolecular Hbond substituents is 1. The summed E-state index contributed by atoms with van der Waals surface area (Å²) in [5.41, 5.74) is 4.45. The summed E-state index contributed by atoms with van der Waals surface area (Å²) in [6.45, 7) is 0. The summed E-state index contributed by atoms with van der Waals surface area (Å²) in [7, 11) is 3.22. The van der Waals surface area contributed by atoms with Crippen LogP contribution in [0.5, 0.6) is 5.75 Å². The smallest absolute Gasteiger partial charge is 0.230 e. The number of ketones is 3. The van der Waals surface area contributed by atoms with Gasteiger partial charge < -0.3 is 26.0 Å². The largest absolute Gasteiger partial charge is 0.507 e. The zero-order chi connectivity index (χ0) is 26.1. The molecule has 188 valence electrons. The maximum atomic E-state index is 13.8. The Balaban J connectivity index is 1.66. The van der Waals surface area contributed by atoms with Crippen LogP contribution in [-0.4, -0.2) is 80.3 Å². The second kappa shape index (κ2) is 8.29. The molecule has 10 nitrogen and oxygen atoms in total. The molecular weight excluding hydrogens is 466 g/mol. The number of likely N-dealkylation sites (N-methyl/N-ethyl adjacent to an activating group) is 1. The van der Waals surface area contributed by atoms with Crippen molar-refractivity contribution in [2.24, 2.45) is 29.4 Å². The predicted molar refractivity (Wildman–Crippen MR) is 126 cm³/mol. The van der Waals surface area contributed by atoms with Crippen LogP contribution in [0.25, 0.3) is 11.3 Å². The van der Waals surface area contributed by atoms with Gasteiger partial charge in [-0.3, -0.25) is 24.2 Å². The average molecular weight is 494 g/mol. The van der Waals surface area contributed by atoms with Crippen LogP contribution < -0.4 is 5.73 Å². The normalized spacial score (nSPS) is 33.6. The molecule has 0 spiro atoms. The van der Waals surface area contributed by atoms with Crippen molar-refractivity contribution in [1.29, 1.82) is 0 Å². The fraction of sp³-hybridized carbons (Fsp3) is 0.423. The number of fused-ring (bicyclic) bond motifs is 3. The van der Waals surface area contributed by atoms with Gasteiger partial charge in [0, 0.05) is 23.7 Å². The number of nitrogens with two attached hydrogens (primary N) is 1. The number of hydrogen-bond donors (Lipinski definition) is 4. The molecule has 2 aromatic rings. The number of aromatic nitrogens is 1. The van der Waals surface area contributed by atoms with Crippen molar-refractivity contribution in [3.63, 3.8) is 0 Å². The summed E-state index contributed by atoms with van der Waals surface area (Å²) in [5, 5.41) is 33.1. The van der Waals surface area contributed by atoms with Crippen LogP contribution in [0.1, 0.15) is 22.3 Å². The summed E-state index contributed by atoms with van der Waals surface area (Å²) < 4.78 is 0. The van der Waals surface area contributed by atoms with Crippen molar-refractivity contribution in [3.8, 4) is 17.0 Å². The van der Waals surface area contributed by atoms with E-state index in [0.717, 1.165) is 0 Å². The summed E-state index contributed by atoms with van der Waals surface area (Å²) in [4.78, 5) is 58.9. The first-order valence-electron chi connectivity index (χ1n) is 11.7. The molecule has 0 saturated heterocycles. The summed E-state index contributed by atoms with van der Waals surface area (Å²) in [6.07, 6.45) is 0.359. The maximum absolute atomic E-state index is 13.8. The minimum atomic E-state index is -2.67. The summed E-state index contributed by atoms with van der Waals surface area (Å²) in [5.74, 6) is -9.20. The third-order valence-electron chi connectivity index (χ3n) is 8.11. The van der Waals surface area contributed by atoms with E-state index in [0.29, 0.717) is 16.8 Å². The number of Topliss-reactive ketones (excluding diaryl/α,β-unsaturated/α-hetero) is 3. The molecule has 5 N–H and O–H groups in total. The lowest BCUT2D eigenvalue weighted by Gasteiger charge is -2.54. The Kier molecular flexibility index (Phi) is 5.58. The number of aromatic hydroxyl groups is 1. The highest BCUT2D eigenvalue weighted by molar-refractivity contribution is 6.25. The average Bonchev–Trinajstić information content (AvgIpc) is 2.81. The molecule has 0 bridgehead atoms. The highest BCUT2D eigenvalue weighted by Crippen LogP contribution is 2.52. The number of aliphatic hydroxyl groups is 2. The molecule has 1 aromatic heterocycles. The van der Waals surface area contributed by atoms with Crippen molar-refractivity contribution in [2.75, 3.05) is 14.1 Å². The first kappa shape index (κ1) is 24.2. The van der Waals surface area contributed by atoms with E-state index in [1.54, 1.807) is 49.5 Å². The van der Waals surface area contributed by atoms with Crippen LogP contribution in [0, 0.1) is 23.7 Å². The van der Waals surface area contributed by atoms with E-state index >= 15 is 0 Å². The first-order chi connectivity index (χ1) is 17.0. The molecule has 0 radical (unpaired) electrons. The molecule has 1 aromatic carbocycles. The Morgan fingerprint density at radius 1 is 1.14 bits per heavy atom. The zero-order valence-corrected chi connectivity index (χ0v) is 19.8. The molecule has 3 unspecified atom stereocenters. The Labute approximate surface area is 206 Å². The minimum absolute atomic E-state index is 0.0336. The lowest BCUT2D eigenvalue weighted by molar-refractivity contribution is -0.190. The number of aliphatic hydroxyl groups excluding tert-OH is 1. The highest BCUT2D eigenvalue weighted by atomic mass is 16.3. The van der Waals surface area contributed by atoms with E-state index in [4.69, 9.17) is 5.73 Å². The second-order valence-electron chi connectivity index (χ2n) is 10.2. The number of benzene rings is 1. The van der Waals surface area contributed by atoms with Gasteiger partial charge >= 0.3 is 0 Å². The number of primary amides is 1. The van der Waals surface area contributed by atoms with E-state index < -0.39 is 64.7 Å². The van der Waals surface area contributed by atoms with E-state index in [9.17, 15) is 34.5 Å². The van der Waals surface area contributed by atoms with E-state index in [2.05, 4.69) is 4.98 Å². The van der Waals surface area contributed by atoms with Gasteiger partial charge in [0.2, 0.25) is 5.91 Å². The molecule has 3 aliphatic carbocycles. The molecule has 5 rings (SSSR count). The number of hydrogen-bond acceptors (Lipinski definition) is 9. The van der Waals surface area contributed by atoms with Gasteiger partial charge in [0.05, 0.1) is 23.3 Å². The van der Waals surface area contributed by atoms with Crippen LogP contribution in [0.2, 0.25) is 0 Å². The fourth-order valence-electron chi connectivity index (χ4n) is 6.58. The lowest BCUT2D eigenvalue weighted by Crippen LogP contribution is -2.75. The third kappa shape index (κ3) is 3.18. The second-order valence-corrected chi connectivity index (χ2v) is 10.2. The first-order valence-corrected chi connectivity index (χ1v) is 11.7. The highest BCUT2D eigenvalue weighted by Gasteiger charge is 2.69. The predicted octanol–water partition coefficient (Wildman–Crippen LogP) is -0.279. The standard InChI is InChI=1S/C26H27N3O7/c1-29(2)20-14-10-11-9-13-12(15-5-3-4-8-28-15)6-7-16(30)18(13)21(31)17(11)23(33)26(14,36)24(34)19(22(20)32)25(27)35/h3-8,11,14,17,19-20,22,30,32,36H,9-10H2,1-2H3,(H2,27,35)/t11-,14-,17?,19?,20-,22?,26-/m1/s1. The molecule has 3 aliphatic rings. The third-order valence-corrected chi connectivity index (χ3v) is 8.11. The minimum Gasteiger partial charge on any atom is -0.507 e. The SMILES string of the molecule is CN(C)[C@H]1C(O)C(C(N)=O)C(=O)[C@]2(O)C(=O)C3C(=O)c4c(O)ccc(-c5ccccn5)c4C[C@@H]3C[C@H]12. The molecule has 10 heteroatoms. The number of pyridine rings is 1. The summed E-state index contributed by atoms with van der Waals surface area (Å²) in [6, 6.07) is 7.41. The monoisotopic (exact) mass is 493 g/mol. The molecule has 7 atom stereocenters. The molecule has 0 aliphatic heterocycles. The van der Waals surface area contributed by atoms with Crippen LogP contribution in [0.3, 0.4) is 0 Å². The van der Waals surface area contributed by atoms with Crippen molar-refractivity contribution in [1.82, 2.24) is 9.88 Å². The van der Waals surface area contributed by atoms with E-state index in [-0.39, 0.29) is 24.2 Å². The number of phenols is 1. The molecule has 2 fully saturated rings. The summed E-state index contributed by atoms with van der Waals surface area (Å²) >= 11 is 0. The van der Waals surface area contributed by atoms with Gasteiger partial charge in [0.1, 0.15) is 11.7 Å². The molecule has 2 saturated carbocycles. The number of nitrogens with zero attached hydrogens (tertiary/aromatic N) is 2. The number of rotatable bonds is 3. The van der Waals surface area contributed by atoms with Gasteiger partial charge in [-0.1, -0.05) is 6.07 Å². The van der Waals surface area contributed by atoms with Gasteiger partial charge in [-0.05, 0) is 62.7 Å². The fourth-order valence-corrected chi connectivity index (χ4v) is 6.58. The topological polar surface area (TPSA) is 171 Å². The lowest BCUT2D eigenvalue weighted by atomic mass is 9.52. The Morgan fingerprint density at radius 2 is 1.86 bits per heavy atom. The van der Waals surface area contributed by atoms with Crippen molar-refractivity contribution in [2.45, 2.75) is 30.6 Å². The van der Waals surface area contributed by atoms with Crippen molar-refractivity contribution in [3.05, 3.63) is 47.7 Å². The van der Waals surface area contributed by atoms with E-state index in [1.807, 2.05) is 0 Å². The number of carbonyl (C=O) groups excluding carboxylic acids is 4. The molecular formula is C26H27N3O7. The van der Waals surface area contributed by atoms with Crippen LogP contribution in [0.15, 0.2) is 36.5 Å². The Bertz CT molecular complexity index is 1290. The van der Waals surface area contributed by atoms with Crippen LogP contribution in [-0.2, 0) is 20.8 Å². The van der Waals surface area contributed by atoms with E-state index in [1.165, 1.54) is 6.07 Å². The molecule has 1 amide bonds. The number of carbonyl (C=O) groups is 4. The van der Waals surface area contributed by atoms with Crippen LogP contribution in [0.4, 0.5) is 0 Å². The Morgan fingerprint density at radius 3 is 2.47 bits per heavy atom. The van der Waals surface area contributed by atoms with Gasteiger partial charge in [-0.25, -0.2) is 0 Å². The maximum Gasteiger partial charge on any atom is 0.230 e. The van der Waals surface area contributed by atoms with Crippen LogP contribution >= 0.6 is 0 Å². The Hall–Kier alpha value is -3.47. The number of amides is 1. The van der Waals surface area contributed by atoms with Crippen molar-refractivity contribution >= 4 is 23.3 Å². The quantitative estimate of drug-likeness (QED) is 0.420. The van der Waals surface area contributed by atoms with Gasteiger partial charge in [0.25, 0.3) is 0 Å². The van der Waals surface area contributed by atoms with Gasteiger partial charge in [0.15, 0.2) is 23.0 Å². The molecule has 1 heterocycles.